The summed E-state index contributed by atoms with van der Waals surface area (Å²) < 4.78 is 6.09. The number of hydrogen-bond donors (Lipinski definition) is 0. The second-order valence-electron chi connectivity index (χ2n) is 12.2. The van der Waals surface area contributed by atoms with Crippen LogP contribution < -0.4 is 4.74 Å². The maximum absolute atomic E-state index is 12.7. The SMILES string of the molecule is COc1c(C(C)(C)C)cc2c(c1C(C)(C)C)CC[C@@H]1[C@@H]2CC[C@]2(C)C(=O)CC[C@@H]12. The average Bonchev–Trinajstić information content (AvgIpc) is 2.93. The van der Waals surface area contributed by atoms with Crippen LogP contribution in [-0.2, 0) is 22.0 Å². The van der Waals surface area contributed by atoms with Crippen LogP contribution in [0.5, 0.6) is 5.75 Å². The zero-order valence-corrected chi connectivity index (χ0v) is 19.9. The van der Waals surface area contributed by atoms with Crippen LogP contribution in [0.2, 0.25) is 0 Å². The van der Waals surface area contributed by atoms with Gasteiger partial charge in [-0.15, -0.1) is 0 Å². The van der Waals surface area contributed by atoms with E-state index in [1.165, 1.54) is 17.5 Å². The molecule has 0 saturated heterocycles. The van der Waals surface area contributed by atoms with Gasteiger partial charge in [-0.05, 0) is 71.8 Å². The van der Waals surface area contributed by atoms with E-state index in [1.54, 1.807) is 11.1 Å². The number of carbonyl (C=O) groups is 1. The Bertz CT molecular complexity index is 836. The Morgan fingerprint density at radius 3 is 2.28 bits per heavy atom. The van der Waals surface area contributed by atoms with Gasteiger partial charge in [-0.3, -0.25) is 4.79 Å². The van der Waals surface area contributed by atoms with Gasteiger partial charge in [0, 0.05) is 23.0 Å². The molecule has 2 nitrogen and oxygen atoms in total. The number of ether oxygens (including phenoxy) is 1. The highest BCUT2D eigenvalue weighted by Crippen LogP contribution is 2.61. The summed E-state index contributed by atoms with van der Waals surface area (Å²) in [4.78, 5) is 12.7. The van der Waals surface area contributed by atoms with Crippen LogP contribution in [0.25, 0.3) is 0 Å². The molecule has 2 saturated carbocycles. The minimum absolute atomic E-state index is 0.0415. The maximum Gasteiger partial charge on any atom is 0.139 e. The molecule has 0 amide bonds. The monoisotopic (exact) mass is 396 g/mol. The lowest BCUT2D eigenvalue weighted by Crippen LogP contribution is -2.43. The van der Waals surface area contributed by atoms with Gasteiger partial charge in [0.05, 0.1) is 7.11 Å². The number of methoxy groups -OCH3 is 1. The highest BCUT2D eigenvalue weighted by Gasteiger charge is 2.55. The predicted molar refractivity (Wildman–Crippen MR) is 120 cm³/mol. The molecule has 3 aliphatic carbocycles. The maximum atomic E-state index is 12.7. The Morgan fingerprint density at radius 2 is 1.69 bits per heavy atom. The summed E-state index contributed by atoms with van der Waals surface area (Å²) >= 11 is 0. The van der Waals surface area contributed by atoms with Crippen molar-refractivity contribution in [2.45, 2.75) is 104 Å². The number of Topliss-reactive ketones (excluding diaryl/α,β-unsaturated/α-hetero) is 1. The molecule has 0 bridgehead atoms. The van der Waals surface area contributed by atoms with Gasteiger partial charge in [0.2, 0.25) is 0 Å². The molecule has 0 aromatic heterocycles. The molecule has 4 rings (SSSR count). The first kappa shape index (κ1) is 20.9. The summed E-state index contributed by atoms with van der Waals surface area (Å²) in [6.45, 7) is 16.2. The number of ketones is 1. The van der Waals surface area contributed by atoms with Crippen molar-refractivity contribution in [3.63, 3.8) is 0 Å². The van der Waals surface area contributed by atoms with Crippen molar-refractivity contribution >= 4 is 5.78 Å². The molecule has 2 heteroatoms. The molecule has 0 heterocycles. The van der Waals surface area contributed by atoms with Crippen LogP contribution in [0.4, 0.5) is 0 Å². The highest BCUT2D eigenvalue weighted by molar-refractivity contribution is 5.87. The molecule has 4 atom stereocenters. The molecule has 160 valence electrons. The quantitative estimate of drug-likeness (QED) is 0.527. The summed E-state index contributed by atoms with van der Waals surface area (Å²) in [5.74, 6) is 3.50. The van der Waals surface area contributed by atoms with E-state index in [0.717, 1.165) is 37.9 Å². The van der Waals surface area contributed by atoms with E-state index in [2.05, 4.69) is 54.5 Å². The third-order valence-corrected chi connectivity index (χ3v) is 8.46. The smallest absolute Gasteiger partial charge is 0.139 e. The van der Waals surface area contributed by atoms with Gasteiger partial charge in [0.1, 0.15) is 11.5 Å². The van der Waals surface area contributed by atoms with Crippen molar-refractivity contribution < 1.29 is 9.53 Å². The molecular formula is C27H40O2. The number of carbonyl (C=O) groups excluding carboxylic acids is 1. The second kappa shape index (κ2) is 6.59. The first-order valence-corrected chi connectivity index (χ1v) is 11.7. The van der Waals surface area contributed by atoms with E-state index in [-0.39, 0.29) is 16.2 Å². The minimum Gasteiger partial charge on any atom is -0.496 e. The zero-order chi connectivity index (χ0) is 21.4. The third kappa shape index (κ3) is 3.08. The van der Waals surface area contributed by atoms with Crippen molar-refractivity contribution in [1.82, 2.24) is 0 Å². The lowest BCUT2D eigenvalue weighted by atomic mass is 9.54. The van der Waals surface area contributed by atoms with E-state index in [4.69, 9.17) is 4.74 Å². The molecule has 0 radical (unpaired) electrons. The van der Waals surface area contributed by atoms with Crippen molar-refractivity contribution in [3.05, 3.63) is 28.3 Å². The summed E-state index contributed by atoms with van der Waals surface area (Å²) in [5.41, 5.74) is 5.95. The number of benzene rings is 1. The normalized spacial score (nSPS) is 31.9. The molecule has 1 aromatic rings. The zero-order valence-electron chi connectivity index (χ0n) is 19.9. The molecule has 0 aliphatic heterocycles. The fraction of sp³-hybridized carbons (Fsp3) is 0.741. The molecule has 0 unspecified atom stereocenters. The van der Waals surface area contributed by atoms with Gasteiger partial charge in [-0.25, -0.2) is 0 Å². The van der Waals surface area contributed by atoms with E-state index in [9.17, 15) is 4.79 Å². The van der Waals surface area contributed by atoms with Crippen molar-refractivity contribution in [2.24, 2.45) is 17.3 Å². The topological polar surface area (TPSA) is 26.3 Å². The van der Waals surface area contributed by atoms with Crippen LogP contribution in [0, 0.1) is 17.3 Å². The molecule has 29 heavy (non-hydrogen) atoms. The van der Waals surface area contributed by atoms with Gasteiger partial charge in [0.15, 0.2) is 0 Å². The Hall–Kier alpha value is -1.31. The van der Waals surface area contributed by atoms with E-state index in [1.807, 2.05) is 7.11 Å². The van der Waals surface area contributed by atoms with Crippen LogP contribution in [-0.4, -0.2) is 12.9 Å². The summed E-state index contributed by atoms with van der Waals surface area (Å²) in [5, 5.41) is 0. The highest BCUT2D eigenvalue weighted by atomic mass is 16.5. The lowest BCUT2D eigenvalue weighted by molar-refractivity contribution is -0.129. The molecule has 0 N–H and O–H groups in total. The summed E-state index contributed by atoms with van der Waals surface area (Å²) in [6, 6.07) is 2.50. The van der Waals surface area contributed by atoms with Crippen molar-refractivity contribution in [3.8, 4) is 5.75 Å². The molecule has 0 spiro atoms. The summed E-state index contributed by atoms with van der Waals surface area (Å²) in [6.07, 6.45) is 6.51. The van der Waals surface area contributed by atoms with Crippen LogP contribution >= 0.6 is 0 Å². The molecule has 2 fully saturated rings. The van der Waals surface area contributed by atoms with Crippen molar-refractivity contribution in [2.75, 3.05) is 7.11 Å². The van der Waals surface area contributed by atoms with Gasteiger partial charge in [-0.2, -0.15) is 0 Å². The standard InChI is InChI=1S/C27H40O2/c1-25(2,3)21-15-19-16-13-14-27(7)20(11-12-22(27)28)17(16)9-10-18(19)23(24(21)29-8)26(4,5)6/h15-17,20H,9-14H2,1-8H3/t16-,17+,20-,27-/m0/s1. The van der Waals surface area contributed by atoms with Crippen LogP contribution in [0.1, 0.15) is 109 Å². The van der Waals surface area contributed by atoms with Crippen LogP contribution in [0.3, 0.4) is 0 Å². The Balaban J connectivity index is 1.90. The summed E-state index contributed by atoms with van der Waals surface area (Å²) in [7, 11) is 1.84. The lowest BCUT2D eigenvalue weighted by Gasteiger charge is -2.49. The van der Waals surface area contributed by atoms with Crippen LogP contribution in [0.15, 0.2) is 6.07 Å². The van der Waals surface area contributed by atoms with Gasteiger partial charge >= 0.3 is 0 Å². The Kier molecular flexibility index (Phi) is 4.76. The second-order valence-corrected chi connectivity index (χ2v) is 12.2. The average molecular weight is 397 g/mol. The fourth-order valence-electron chi connectivity index (χ4n) is 7.04. The number of hydrogen-bond acceptors (Lipinski definition) is 2. The first-order valence-electron chi connectivity index (χ1n) is 11.7. The largest absolute Gasteiger partial charge is 0.496 e. The Labute approximate surface area is 177 Å². The third-order valence-electron chi connectivity index (χ3n) is 8.46. The molecule has 1 aromatic carbocycles. The predicted octanol–water partition coefficient (Wildman–Crippen LogP) is 6.72. The number of rotatable bonds is 1. The molecule has 3 aliphatic rings. The van der Waals surface area contributed by atoms with Gasteiger partial charge in [-0.1, -0.05) is 54.5 Å². The Morgan fingerprint density at radius 1 is 1.00 bits per heavy atom. The number of fused-ring (bicyclic) bond motifs is 5. The van der Waals surface area contributed by atoms with Gasteiger partial charge < -0.3 is 4.74 Å². The van der Waals surface area contributed by atoms with E-state index < -0.39 is 0 Å². The fourth-order valence-corrected chi connectivity index (χ4v) is 7.04. The first-order chi connectivity index (χ1) is 13.4. The van der Waals surface area contributed by atoms with Crippen molar-refractivity contribution in [1.29, 1.82) is 0 Å². The van der Waals surface area contributed by atoms with Gasteiger partial charge in [0.25, 0.3) is 0 Å². The minimum atomic E-state index is -0.0507. The molecular weight excluding hydrogens is 356 g/mol. The van der Waals surface area contributed by atoms with E-state index >= 15 is 0 Å². The van der Waals surface area contributed by atoms with E-state index in [0.29, 0.717) is 23.5 Å².